The Labute approximate surface area is 117 Å². The lowest BCUT2D eigenvalue weighted by Gasteiger charge is -2.19. The predicted molar refractivity (Wildman–Crippen MR) is 79.5 cm³/mol. The second kappa shape index (κ2) is 5.57. The van der Waals surface area contributed by atoms with E-state index in [1.165, 1.54) is 16.4 Å². The van der Waals surface area contributed by atoms with Crippen molar-refractivity contribution in [2.45, 2.75) is 32.3 Å². The summed E-state index contributed by atoms with van der Waals surface area (Å²) in [7, 11) is 0. The van der Waals surface area contributed by atoms with E-state index in [1.807, 2.05) is 0 Å². The zero-order valence-corrected chi connectivity index (χ0v) is 12.7. The maximum absolute atomic E-state index is 6.08. The topological polar surface area (TPSA) is 21.3 Å². The van der Waals surface area contributed by atoms with Gasteiger partial charge < -0.3 is 10.1 Å². The fourth-order valence-electron chi connectivity index (χ4n) is 1.80. The van der Waals surface area contributed by atoms with Crippen LogP contribution in [0.3, 0.4) is 0 Å². The quantitative estimate of drug-likeness (QED) is 0.798. The van der Waals surface area contributed by atoms with Crippen LogP contribution in [0.5, 0.6) is 5.75 Å². The highest BCUT2D eigenvalue weighted by Crippen LogP contribution is 2.39. The molecule has 0 saturated heterocycles. The number of ether oxygens (including phenoxy) is 1. The maximum atomic E-state index is 6.08. The normalized spacial score (nSPS) is 17.2. The van der Waals surface area contributed by atoms with Crippen LogP contribution in [0, 0.1) is 9.49 Å². The van der Waals surface area contributed by atoms with Crippen molar-refractivity contribution in [3.63, 3.8) is 0 Å². The Morgan fingerprint density at radius 1 is 1.29 bits per heavy atom. The highest BCUT2D eigenvalue weighted by molar-refractivity contribution is 14.1. The van der Waals surface area contributed by atoms with Gasteiger partial charge in [-0.1, -0.05) is 13.8 Å². The van der Waals surface area contributed by atoms with Crippen molar-refractivity contribution in [3.8, 4) is 5.75 Å². The van der Waals surface area contributed by atoms with E-state index in [1.54, 1.807) is 0 Å². The first-order valence-corrected chi connectivity index (χ1v) is 7.33. The molecular formula is C14H20INO. The Morgan fingerprint density at radius 3 is 2.47 bits per heavy atom. The second-order valence-corrected chi connectivity index (χ2v) is 6.51. The van der Waals surface area contributed by atoms with Crippen LogP contribution in [0.15, 0.2) is 24.3 Å². The highest BCUT2D eigenvalue weighted by atomic mass is 127. The number of benzene rings is 1. The first kappa shape index (κ1) is 13.1. The van der Waals surface area contributed by atoms with Crippen LogP contribution >= 0.6 is 22.6 Å². The van der Waals surface area contributed by atoms with Crippen LogP contribution in [0.25, 0.3) is 0 Å². The lowest BCUT2D eigenvalue weighted by molar-refractivity contribution is 0.174. The third-order valence-electron chi connectivity index (χ3n) is 2.96. The largest absolute Gasteiger partial charge is 0.486 e. The molecule has 1 aromatic carbocycles. The minimum absolute atomic E-state index is 0.0711. The molecule has 0 heterocycles. The van der Waals surface area contributed by atoms with E-state index < -0.39 is 0 Å². The number of halogens is 1. The van der Waals surface area contributed by atoms with Crippen LogP contribution < -0.4 is 10.1 Å². The van der Waals surface area contributed by atoms with Crippen molar-refractivity contribution in [3.05, 3.63) is 27.8 Å². The van der Waals surface area contributed by atoms with Crippen LogP contribution in [0.2, 0.25) is 0 Å². The zero-order valence-electron chi connectivity index (χ0n) is 10.5. The Kier molecular flexibility index (Phi) is 4.31. The van der Waals surface area contributed by atoms with Gasteiger partial charge in [-0.3, -0.25) is 0 Å². The van der Waals surface area contributed by atoms with Crippen molar-refractivity contribution < 1.29 is 4.74 Å². The number of nitrogens with one attached hydrogen (secondary N) is 1. The fourth-order valence-corrected chi connectivity index (χ4v) is 2.16. The Bertz CT molecular complexity index is 357. The summed E-state index contributed by atoms with van der Waals surface area (Å²) in [5.74, 6) is 1.69. The third-order valence-corrected chi connectivity index (χ3v) is 3.67. The summed E-state index contributed by atoms with van der Waals surface area (Å²) in [4.78, 5) is 0. The van der Waals surface area contributed by atoms with Crippen LogP contribution in [-0.2, 0) is 0 Å². The van der Waals surface area contributed by atoms with Gasteiger partial charge in [-0.25, -0.2) is 0 Å². The molecule has 1 aliphatic carbocycles. The van der Waals surface area contributed by atoms with Gasteiger partial charge in [0.25, 0.3) is 0 Å². The van der Waals surface area contributed by atoms with Crippen molar-refractivity contribution in [2.24, 2.45) is 5.92 Å². The molecule has 3 heteroatoms. The molecule has 0 atom stereocenters. The highest BCUT2D eigenvalue weighted by Gasteiger charge is 2.45. The molecule has 17 heavy (non-hydrogen) atoms. The van der Waals surface area contributed by atoms with Crippen molar-refractivity contribution in [1.82, 2.24) is 5.32 Å². The lowest BCUT2D eigenvalue weighted by atomic mass is 10.2. The summed E-state index contributed by atoms with van der Waals surface area (Å²) in [6.07, 6.45) is 2.34. The van der Waals surface area contributed by atoms with E-state index in [0.29, 0.717) is 5.92 Å². The summed E-state index contributed by atoms with van der Waals surface area (Å²) in [5, 5.41) is 3.49. The van der Waals surface area contributed by atoms with Crippen LogP contribution in [0.4, 0.5) is 0 Å². The van der Waals surface area contributed by atoms with Gasteiger partial charge in [0.1, 0.15) is 11.4 Å². The average Bonchev–Trinajstić information content (AvgIpc) is 3.01. The standard InChI is InChI=1S/C14H20INO/c1-11(2)9-16-10-14(7-8-14)17-13-5-3-12(15)4-6-13/h3-6,11,16H,7-10H2,1-2H3. The molecule has 0 spiro atoms. The molecule has 0 radical (unpaired) electrons. The summed E-state index contributed by atoms with van der Waals surface area (Å²) in [6.45, 7) is 6.49. The van der Waals surface area contributed by atoms with Gasteiger partial charge in [0, 0.05) is 10.1 Å². The average molecular weight is 345 g/mol. The van der Waals surface area contributed by atoms with Crippen molar-refractivity contribution in [1.29, 1.82) is 0 Å². The summed E-state index contributed by atoms with van der Waals surface area (Å²) >= 11 is 2.31. The Balaban J connectivity index is 1.83. The molecule has 1 saturated carbocycles. The minimum atomic E-state index is 0.0711. The molecule has 0 aliphatic heterocycles. The molecule has 94 valence electrons. The molecule has 1 aromatic rings. The Hall–Kier alpha value is -0.290. The summed E-state index contributed by atoms with van der Waals surface area (Å²) in [5.41, 5.74) is 0.0711. The first-order chi connectivity index (χ1) is 8.10. The van der Waals surface area contributed by atoms with Crippen LogP contribution in [-0.4, -0.2) is 18.7 Å². The molecule has 0 unspecified atom stereocenters. The molecule has 0 aromatic heterocycles. The second-order valence-electron chi connectivity index (χ2n) is 5.26. The van der Waals surface area contributed by atoms with Gasteiger partial charge in [0.15, 0.2) is 0 Å². The zero-order chi connectivity index (χ0) is 12.3. The van der Waals surface area contributed by atoms with Gasteiger partial charge in [-0.15, -0.1) is 0 Å². The molecule has 1 fully saturated rings. The lowest BCUT2D eigenvalue weighted by Crippen LogP contribution is -2.35. The molecular weight excluding hydrogens is 325 g/mol. The van der Waals surface area contributed by atoms with Crippen molar-refractivity contribution >= 4 is 22.6 Å². The van der Waals surface area contributed by atoms with Gasteiger partial charge >= 0.3 is 0 Å². The predicted octanol–water partition coefficient (Wildman–Crippen LogP) is 3.45. The number of hydrogen-bond acceptors (Lipinski definition) is 2. The first-order valence-electron chi connectivity index (χ1n) is 6.25. The Morgan fingerprint density at radius 2 is 1.94 bits per heavy atom. The molecule has 2 rings (SSSR count). The molecule has 0 bridgehead atoms. The molecule has 0 amide bonds. The SMILES string of the molecule is CC(C)CNCC1(Oc2ccc(I)cc2)CC1. The van der Waals surface area contributed by atoms with E-state index in [4.69, 9.17) is 4.74 Å². The van der Waals surface area contributed by atoms with E-state index in [2.05, 4.69) is 66.0 Å². The third kappa shape index (κ3) is 4.14. The van der Waals surface area contributed by atoms with E-state index >= 15 is 0 Å². The van der Waals surface area contributed by atoms with E-state index in [-0.39, 0.29) is 5.60 Å². The molecule has 2 nitrogen and oxygen atoms in total. The van der Waals surface area contributed by atoms with Gasteiger partial charge in [-0.05, 0) is 72.2 Å². The minimum Gasteiger partial charge on any atom is -0.486 e. The monoisotopic (exact) mass is 345 g/mol. The van der Waals surface area contributed by atoms with Gasteiger partial charge in [0.05, 0.1) is 0 Å². The number of rotatable bonds is 6. The smallest absolute Gasteiger partial charge is 0.122 e. The fraction of sp³-hybridized carbons (Fsp3) is 0.571. The van der Waals surface area contributed by atoms with E-state index in [9.17, 15) is 0 Å². The van der Waals surface area contributed by atoms with Crippen LogP contribution in [0.1, 0.15) is 26.7 Å². The van der Waals surface area contributed by atoms with Gasteiger partial charge in [-0.2, -0.15) is 0 Å². The summed E-state index contributed by atoms with van der Waals surface area (Å²) < 4.78 is 7.33. The molecule has 1 aliphatic rings. The maximum Gasteiger partial charge on any atom is 0.122 e. The van der Waals surface area contributed by atoms with Gasteiger partial charge in [0.2, 0.25) is 0 Å². The summed E-state index contributed by atoms with van der Waals surface area (Å²) in [6, 6.07) is 8.30. The number of hydrogen-bond donors (Lipinski definition) is 1. The molecule has 1 N–H and O–H groups in total. The van der Waals surface area contributed by atoms with Crippen molar-refractivity contribution in [2.75, 3.05) is 13.1 Å². The van der Waals surface area contributed by atoms with E-state index in [0.717, 1.165) is 18.8 Å².